The van der Waals surface area contributed by atoms with Gasteiger partial charge in [0, 0.05) is 5.92 Å². The number of aromatic nitrogens is 2. The number of nitrogens with zero attached hydrogens (tertiary/aromatic N) is 2. The first-order chi connectivity index (χ1) is 10.6. The van der Waals surface area contributed by atoms with Gasteiger partial charge in [0.2, 0.25) is 11.8 Å². The summed E-state index contributed by atoms with van der Waals surface area (Å²) >= 11 is 0. The van der Waals surface area contributed by atoms with Gasteiger partial charge in [-0.1, -0.05) is 55.8 Å². The van der Waals surface area contributed by atoms with Crippen LogP contribution in [0.2, 0.25) is 0 Å². The molecule has 0 saturated heterocycles. The highest BCUT2D eigenvalue weighted by Crippen LogP contribution is 2.13. The molecule has 1 N–H and O–H groups in total. The van der Waals surface area contributed by atoms with E-state index in [2.05, 4.69) is 22.4 Å². The zero-order valence-electron chi connectivity index (χ0n) is 13.4. The zero-order chi connectivity index (χ0) is 15.9. The average molecular weight is 301 g/mol. The lowest BCUT2D eigenvalue weighted by Gasteiger charge is -2.14. The fraction of sp³-hybridized carbons (Fsp3) is 0.471. The summed E-state index contributed by atoms with van der Waals surface area (Å²) in [7, 11) is 0. The van der Waals surface area contributed by atoms with E-state index in [1.807, 2.05) is 44.2 Å². The monoisotopic (exact) mass is 301 g/mol. The van der Waals surface area contributed by atoms with E-state index in [0.717, 1.165) is 18.4 Å². The third kappa shape index (κ3) is 4.41. The van der Waals surface area contributed by atoms with E-state index in [1.165, 1.54) is 0 Å². The Kier molecular flexibility index (Phi) is 5.69. The van der Waals surface area contributed by atoms with Crippen molar-refractivity contribution >= 4 is 5.91 Å². The zero-order valence-corrected chi connectivity index (χ0v) is 13.4. The highest BCUT2D eigenvalue weighted by molar-refractivity contribution is 5.78. The van der Waals surface area contributed by atoms with E-state index < -0.39 is 0 Å². The lowest BCUT2D eigenvalue weighted by Crippen LogP contribution is -2.32. The van der Waals surface area contributed by atoms with Crippen molar-refractivity contribution in [3.63, 3.8) is 0 Å². The van der Waals surface area contributed by atoms with Crippen LogP contribution in [-0.2, 0) is 11.2 Å². The van der Waals surface area contributed by atoms with E-state index >= 15 is 0 Å². The summed E-state index contributed by atoms with van der Waals surface area (Å²) in [4.78, 5) is 16.4. The molecule has 22 heavy (non-hydrogen) atoms. The van der Waals surface area contributed by atoms with Gasteiger partial charge in [-0.15, -0.1) is 0 Å². The number of carbonyl (C=O) groups excluding carboxylic acids is 1. The maximum Gasteiger partial charge on any atom is 0.231 e. The molecule has 0 unspecified atom stereocenters. The van der Waals surface area contributed by atoms with Crippen LogP contribution in [0.4, 0.5) is 0 Å². The summed E-state index contributed by atoms with van der Waals surface area (Å²) in [6.45, 7) is 5.87. The molecule has 0 spiro atoms. The van der Waals surface area contributed by atoms with Crippen molar-refractivity contribution in [2.45, 2.75) is 46.1 Å². The van der Waals surface area contributed by atoms with Gasteiger partial charge in [-0.2, -0.15) is 4.98 Å². The Balaban J connectivity index is 1.94. The second-order valence-corrected chi connectivity index (χ2v) is 5.63. The average Bonchev–Trinajstić information content (AvgIpc) is 2.97. The fourth-order valence-corrected chi connectivity index (χ4v) is 2.27. The number of nitrogens with one attached hydrogen (secondary N) is 1. The fourth-order valence-electron chi connectivity index (χ4n) is 2.27. The van der Waals surface area contributed by atoms with Gasteiger partial charge < -0.3 is 9.84 Å². The van der Waals surface area contributed by atoms with Gasteiger partial charge in [0.15, 0.2) is 5.82 Å². The summed E-state index contributed by atoms with van der Waals surface area (Å²) in [6.07, 6.45) is 2.47. The van der Waals surface area contributed by atoms with Crippen LogP contribution < -0.4 is 5.32 Å². The Morgan fingerprint density at radius 1 is 1.27 bits per heavy atom. The van der Waals surface area contributed by atoms with Gasteiger partial charge in [0.25, 0.3) is 0 Å². The van der Waals surface area contributed by atoms with Gasteiger partial charge in [0.05, 0.1) is 12.5 Å². The predicted octanol–water partition coefficient (Wildman–Crippen LogP) is 3.27. The molecule has 0 aliphatic carbocycles. The molecule has 0 aliphatic heterocycles. The molecule has 0 aliphatic rings. The molecule has 5 heteroatoms. The smallest absolute Gasteiger partial charge is 0.231 e. The third-order valence-corrected chi connectivity index (χ3v) is 3.60. The highest BCUT2D eigenvalue weighted by atomic mass is 16.5. The van der Waals surface area contributed by atoms with Crippen molar-refractivity contribution in [2.24, 2.45) is 5.92 Å². The number of rotatable bonds is 7. The first-order valence-corrected chi connectivity index (χ1v) is 7.77. The highest BCUT2D eigenvalue weighted by Gasteiger charge is 2.19. The Morgan fingerprint density at radius 2 is 2.00 bits per heavy atom. The number of hydrogen-bond donors (Lipinski definition) is 1. The van der Waals surface area contributed by atoms with Gasteiger partial charge in [-0.25, -0.2) is 0 Å². The first kappa shape index (κ1) is 16.2. The summed E-state index contributed by atoms with van der Waals surface area (Å²) in [5, 5.41) is 6.90. The van der Waals surface area contributed by atoms with Crippen LogP contribution in [0.15, 0.2) is 34.9 Å². The molecular formula is C17H23N3O2. The molecule has 2 aromatic rings. The standard InChI is InChI=1S/C17H23N3O2/c1-4-8-12(2)17(21)18-13(3)16-19-15(22-20-16)11-14-9-6-5-7-10-14/h5-7,9-10,12-13H,4,8,11H2,1-3H3,(H,18,21)/t12-,13-/m0/s1. The molecule has 1 amide bonds. The van der Waals surface area contributed by atoms with Crippen LogP contribution in [0.3, 0.4) is 0 Å². The maximum absolute atomic E-state index is 12.0. The number of carbonyl (C=O) groups is 1. The van der Waals surface area contributed by atoms with Gasteiger partial charge in [0.1, 0.15) is 0 Å². The van der Waals surface area contributed by atoms with Crippen LogP contribution in [-0.4, -0.2) is 16.0 Å². The molecule has 2 rings (SSSR count). The van der Waals surface area contributed by atoms with E-state index in [-0.39, 0.29) is 17.9 Å². The van der Waals surface area contributed by atoms with Crippen molar-refractivity contribution in [1.29, 1.82) is 0 Å². The first-order valence-electron chi connectivity index (χ1n) is 7.77. The van der Waals surface area contributed by atoms with Crippen LogP contribution in [0.1, 0.15) is 56.9 Å². The predicted molar refractivity (Wildman–Crippen MR) is 84.2 cm³/mol. The minimum absolute atomic E-state index is 0.00291. The van der Waals surface area contributed by atoms with Gasteiger partial charge in [-0.3, -0.25) is 4.79 Å². The van der Waals surface area contributed by atoms with Crippen molar-refractivity contribution in [3.05, 3.63) is 47.6 Å². The normalized spacial score (nSPS) is 13.6. The Labute approximate surface area is 131 Å². The Bertz CT molecular complexity index is 595. The maximum atomic E-state index is 12.0. The topological polar surface area (TPSA) is 68.0 Å². The molecule has 0 bridgehead atoms. The summed E-state index contributed by atoms with van der Waals surface area (Å²) in [6, 6.07) is 9.70. The molecule has 1 aromatic heterocycles. The second-order valence-electron chi connectivity index (χ2n) is 5.63. The van der Waals surface area contributed by atoms with Crippen LogP contribution in [0.25, 0.3) is 0 Å². The molecule has 1 aromatic carbocycles. The minimum Gasteiger partial charge on any atom is -0.346 e. The summed E-state index contributed by atoms with van der Waals surface area (Å²) in [5.74, 6) is 1.11. The molecule has 0 fully saturated rings. The van der Waals surface area contributed by atoms with Crippen molar-refractivity contribution < 1.29 is 9.32 Å². The van der Waals surface area contributed by atoms with Crippen LogP contribution in [0, 0.1) is 5.92 Å². The Hall–Kier alpha value is -2.17. The van der Waals surface area contributed by atoms with Crippen molar-refractivity contribution in [2.75, 3.05) is 0 Å². The lowest BCUT2D eigenvalue weighted by molar-refractivity contribution is -0.125. The van der Waals surface area contributed by atoms with E-state index in [0.29, 0.717) is 18.1 Å². The summed E-state index contributed by atoms with van der Waals surface area (Å²) < 4.78 is 5.27. The largest absolute Gasteiger partial charge is 0.346 e. The molecule has 1 heterocycles. The van der Waals surface area contributed by atoms with Gasteiger partial charge >= 0.3 is 0 Å². The molecule has 2 atom stereocenters. The van der Waals surface area contributed by atoms with E-state index in [1.54, 1.807) is 0 Å². The quantitative estimate of drug-likeness (QED) is 0.852. The van der Waals surface area contributed by atoms with Crippen molar-refractivity contribution in [1.82, 2.24) is 15.5 Å². The number of amides is 1. The SMILES string of the molecule is CCC[C@H](C)C(=O)N[C@@H](C)c1noc(Cc2ccccc2)n1. The van der Waals surface area contributed by atoms with Crippen LogP contribution in [0.5, 0.6) is 0 Å². The van der Waals surface area contributed by atoms with Crippen LogP contribution >= 0.6 is 0 Å². The summed E-state index contributed by atoms with van der Waals surface area (Å²) in [5.41, 5.74) is 1.12. The number of hydrogen-bond acceptors (Lipinski definition) is 4. The second kappa shape index (κ2) is 7.73. The minimum atomic E-state index is -0.250. The lowest BCUT2D eigenvalue weighted by atomic mass is 10.1. The third-order valence-electron chi connectivity index (χ3n) is 3.60. The molecule has 0 saturated carbocycles. The Morgan fingerprint density at radius 3 is 2.68 bits per heavy atom. The molecule has 118 valence electrons. The van der Waals surface area contributed by atoms with E-state index in [4.69, 9.17) is 4.52 Å². The molecule has 0 radical (unpaired) electrons. The van der Waals surface area contributed by atoms with Gasteiger partial charge in [-0.05, 0) is 18.9 Å². The van der Waals surface area contributed by atoms with E-state index in [9.17, 15) is 4.79 Å². The number of benzene rings is 1. The molecular weight excluding hydrogens is 278 g/mol. The molecule has 5 nitrogen and oxygen atoms in total. The van der Waals surface area contributed by atoms with Crippen molar-refractivity contribution in [3.8, 4) is 0 Å².